The van der Waals surface area contributed by atoms with Crippen LogP contribution < -0.4 is 5.76 Å². The average molecular weight is 511 g/mol. The second kappa shape index (κ2) is 8.22. The first-order valence-corrected chi connectivity index (χ1v) is 11.0. The fraction of sp³-hybridized carbons (Fsp3) is 0.318. The molecule has 0 aromatic carbocycles. The molecule has 0 unspecified atom stereocenters. The zero-order valence-electron chi connectivity index (χ0n) is 18.2. The largest absolute Gasteiger partial charge is 0.492 e. The van der Waals surface area contributed by atoms with Crippen LogP contribution in [0.5, 0.6) is 5.88 Å². The third-order valence-electron chi connectivity index (χ3n) is 6.12. The Morgan fingerprint density at radius 1 is 1.26 bits per heavy atom. The highest BCUT2D eigenvalue weighted by atomic mass is 35.5. The predicted octanol–water partition coefficient (Wildman–Crippen LogP) is 4.51. The van der Waals surface area contributed by atoms with E-state index in [0.717, 1.165) is 15.0 Å². The summed E-state index contributed by atoms with van der Waals surface area (Å²) in [5.41, 5.74) is -1.23. The van der Waals surface area contributed by atoms with Gasteiger partial charge < -0.3 is 18.8 Å². The highest BCUT2D eigenvalue weighted by Gasteiger charge is 2.37. The molecule has 1 saturated heterocycles. The van der Waals surface area contributed by atoms with Gasteiger partial charge in [-0.05, 0) is 31.9 Å². The maximum Gasteiger partial charge on any atom is 0.422 e. The second-order valence-corrected chi connectivity index (χ2v) is 8.60. The van der Waals surface area contributed by atoms with Crippen molar-refractivity contribution in [1.29, 1.82) is 0 Å². The number of amides is 1. The molecular weight excluding hydrogens is 493 g/mol. The van der Waals surface area contributed by atoms with E-state index >= 15 is 0 Å². The predicted molar refractivity (Wildman–Crippen MR) is 116 cm³/mol. The lowest BCUT2D eigenvalue weighted by atomic mass is 10.0. The molecule has 1 aliphatic heterocycles. The van der Waals surface area contributed by atoms with E-state index in [9.17, 15) is 27.9 Å². The molecule has 0 atom stereocenters. The molecule has 0 bridgehead atoms. The van der Waals surface area contributed by atoms with Crippen molar-refractivity contribution in [3.05, 3.63) is 63.6 Å². The van der Waals surface area contributed by atoms with Crippen molar-refractivity contribution in [2.45, 2.75) is 32.0 Å². The van der Waals surface area contributed by atoms with Gasteiger partial charge >= 0.3 is 11.9 Å². The summed E-state index contributed by atoms with van der Waals surface area (Å²) in [7, 11) is 0. The van der Waals surface area contributed by atoms with E-state index in [-0.39, 0.29) is 41.1 Å². The number of rotatable bonds is 3. The van der Waals surface area contributed by atoms with Crippen molar-refractivity contribution < 1.29 is 31.9 Å². The minimum atomic E-state index is -4.74. The van der Waals surface area contributed by atoms with Crippen molar-refractivity contribution in [3.63, 3.8) is 0 Å². The number of aryl methyl sites for hydroxylation is 1. The van der Waals surface area contributed by atoms with Crippen LogP contribution in [0.2, 0.25) is 5.15 Å². The lowest BCUT2D eigenvalue weighted by Crippen LogP contribution is -2.40. The van der Waals surface area contributed by atoms with Gasteiger partial charge in [-0.25, -0.2) is 14.3 Å². The minimum Gasteiger partial charge on any atom is -0.492 e. The molecular formula is C22H18ClF3N4O5. The molecule has 13 heteroatoms. The Bertz CT molecular complexity index is 1480. The summed E-state index contributed by atoms with van der Waals surface area (Å²) in [5, 5.41) is 9.84. The van der Waals surface area contributed by atoms with E-state index in [4.69, 9.17) is 20.4 Å². The molecule has 1 N–H and O–H groups in total. The maximum absolute atomic E-state index is 13.8. The van der Waals surface area contributed by atoms with Gasteiger partial charge in [0.1, 0.15) is 5.15 Å². The Balaban J connectivity index is 1.47. The van der Waals surface area contributed by atoms with Gasteiger partial charge in [-0.1, -0.05) is 11.6 Å². The number of aromatic nitrogens is 3. The van der Waals surface area contributed by atoms with Crippen LogP contribution in [-0.4, -0.2) is 43.0 Å². The van der Waals surface area contributed by atoms with E-state index in [0.29, 0.717) is 18.4 Å². The molecule has 5 rings (SSSR count). The number of oxazole rings is 1. The number of carbonyl (C=O) groups is 1. The van der Waals surface area contributed by atoms with Crippen LogP contribution in [0, 0.1) is 6.92 Å². The van der Waals surface area contributed by atoms with Gasteiger partial charge in [0.2, 0.25) is 5.88 Å². The average Bonchev–Trinajstić information content (AvgIpc) is 3.52. The third kappa shape index (κ3) is 3.87. The first kappa shape index (κ1) is 23.1. The zero-order valence-corrected chi connectivity index (χ0v) is 18.9. The van der Waals surface area contributed by atoms with Gasteiger partial charge in [-0.2, -0.15) is 13.2 Å². The van der Waals surface area contributed by atoms with Crippen LogP contribution in [0.15, 0.2) is 44.5 Å². The van der Waals surface area contributed by atoms with Gasteiger partial charge in [0, 0.05) is 36.5 Å². The number of carbonyl (C=O) groups excluding carboxylic acids is 1. The highest BCUT2D eigenvalue weighted by Crippen LogP contribution is 2.37. The number of fused-ring (bicyclic) bond motifs is 1. The van der Waals surface area contributed by atoms with E-state index in [1.165, 1.54) is 36.6 Å². The number of alkyl halides is 3. The van der Waals surface area contributed by atoms with Crippen LogP contribution >= 0.6 is 11.6 Å². The number of hydrogen-bond acceptors (Lipinski definition) is 6. The molecule has 0 radical (unpaired) electrons. The molecule has 0 aliphatic carbocycles. The molecule has 0 spiro atoms. The van der Waals surface area contributed by atoms with Gasteiger partial charge in [0.05, 0.1) is 18.1 Å². The Kier molecular flexibility index (Phi) is 5.42. The van der Waals surface area contributed by atoms with E-state index in [2.05, 4.69) is 4.98 Å². The lowest BCUT2D eigenvalue weighted by molar-refractivity contribution is -0.136. The standard InChI is InChI=1S/C22H18ClF3N4O5/c1-11-19(31)30(21(33)35-11)14-2-5-28(6-3-14)20(32)16-17(23)29-9-13(12-4-7-34-10-12)8-15(18(29)27-16)22(24,25)26/h4,7-10,14,31H,2-3,5-6H2,1H3. The molecule has 0 saturated carbocycles. The van der Waals surface area contributed by atoms with Crippen LogP contribution in [0.4, 0.5) is 13.2 Å². The number of halogens is 4. The topological polar surface area (TPSA) is 106 Å². The molecule has 5 heterocycles. The first-order chi connectivity index (χ1) is 16.6. The Labute approximate surface area is 199 Å². The van der Waals surface area contributed by atoms with Gasteiger partial charge in [-0.3, -0.25) is 9.20 Å². The number of likely N-dealkylation sites (tertiary alicyclic amines) is 1. The fourth-order valence-electron chi connectivity index (χ4n) is 4.33. The zero-order chi connectivity index (χ0) is 25.1. The Hall–Kier alpha value is -3.67. The molecule has 4 aromatic heterocycles. The monoisotopic (exact) mass is 510 g/mol. The minimum absolute atomic E-state index is 0.0975. The Morgan fingerprint density at radius 3 is 2.54 bits per heavy atom. The summed E-state index contributed by atoms with van der Waals surface area (Å²) in [6.07, 6.45) is -0.105. The van der Waals surface area contributed by atoms with E-state index in [1.807, 2.05) is 0 Å². The summed E-state index contributed by atoms with van der Waals surface area (Å²) < 4.78 is 53.6. The third-order valence-corrected chi connectivity index (χ3v) is 6.48. The quantitative estimate of drug-likeness (QED) is 0.434. The molecule has 9 nitrogen and oxygen atoms in total. The molecule has 1 aliphatic rings. The van der Waals surface area contributed by atoms with Gasteiger partial charge in [0.25, 0.3) is 5.91 Å². The molecule has 4 aromatic rings. The lowest BCUT2D eigenvalue weighted by Gasteiger charge is -2.31. The smallest absolute Gasteiger partial charge is 0.422 e. The number of hydrogen-bond donors (Lipinski definition) is 1. The summed E-state index contributed by atoms with van der Waals surface area (Å²) in [5.74, 6) is -1.49. The van der Waals surface area contributed by atoms with Crippen LogP contribution in [0.3, 0.4) is 0 Å². The molecule has 1 fully saturated rings. The fourth-order valence-corrected chi connectivity index (χ4v) is 4.58. The summed E-state index contributed by atoms with van der Waals surface area (Å²) >= 11 is 6.37. The maximum atomic E-state index is 13.8. The van der Waals surface area contributed by atoms with Crippen molar-refractivity contribution in [1.82, 2.24) is 18.9 Å². The van der Waals surface area contributed by atoms with Crippen LogP contribution in [0.1, 0.15) is 40.7 Å². The second-order valence-electron chi connectivity index (χ2n) is 8.24. The Morgan fingerprint density at radius 2 is 1.97 bits per heavy atom. The van der Waals surface area contributed by atoms with Crippen LogP contribution in [0.25, 0.3) is 16.8 Å². The number of pyridine rings is 1. The summed E-state index contributed by atoms with van der Waals surface area (Å²) in [6.45, 7) is 1.82. The van der Waals surface area contributed by atoms with Crippen LogP contribution in [-0.2, 0) is 6.18 Å². The highest BCUT2D eigenvalue weighted by molar-refractivity contribution is 6.33. The number of nitrogens with zero attached hydrogens (tertiary/aromatic N) is 4. The number of imidazole rings is 1. The van der Waals surface area contributed by atoms with Crippen molar-refractivity contribution >= 4 is 23.2 Å². The van der Waals surface area contributed by atoms with E-state index in [1.54, 1.807) is 0 Å². The molecule has 184 valence electrons. The number of furan rings is 1. The normalized spacial score (nSPS) is 15.3. The number of piperidine rings is 1. The van der Waals surface area contributed by atoms with Crippen molar-refractivity contribution in [2.24, 2.45) is 0 Å². The van der Waals surface area contributed by atoms with Crippen molar-refractivity contribution in [3.8, 4) is 17.0 Å². The molecule has 1 amide bonds. The van der Waals surface area contributed by atoms with Gasteiger partial charge in [0.15, 0.2) is 17.1 Å². The van der Waals surface area contributed by atoms with Crippen molar-refractivity contribution in [2.75, 3.05) is 13.1 Å². The van der Waals surface area contributed by atoms with E-state index < -0.39 is 35.1 Å². The summed E-state index contributed by atoms with van der Waals surface area (Å²) in [4.78, 5) is 30.6. The first-order valence-electron chi connectivity index (χ1n) is 10.6. The number of aromatic hydroxyl groups is 1. The summed E-state index contributed by atoms with van der Waals surface area (Å²) in [6, 6.07) is 2.04. The SMILES string of the molecule is Cc1oc(=O)n(C2CCN(C(=O)c3nc4c(C(F)(F)F)cc(-c5ccoc5)cn4c3Cl)CC2)c1O. The molecule has 35 heavy (non-hydrogen) atoms. The van der Waals surface area contributed by atoms with Gasteiger partial charge in [-0.15, -0.1) is 0 Å².